The first-order valence-corrected chi connectivity index (χ1v) is 10.9. The smallest absolute Gasteiger partial charge is 0.241 e. The first kappa shape index (κ1) is 21.5. The molecule has 5 nitrogen and oxygen atoms in total. The molecule has 0 saturated carbocycles. The fourth-order valence-electron chi connectivity index (χ4n) is 2.60. The third kappa shape index (κ3) is 5.37. The van der Waals surface area contributed by atoms with E-state index in [1.54, 1.807) is 12.1 Å². The van der Waals surface area contributed by atoms with Crippen LogP contribution in [0.25, 0.3) is 0 Å². The van der Waals surface area contributed by atoms with Gasteiger partial charge in [0.2, 0.25) is 15.9 Å². The van der Waals surface area contributed by atoms with Crippen LogP contribution >= 0.6 is 23.2 Å². The summed E-state index contributed by atoms with van der Waals surface area (Å²) in [6, 6.07) is 10.3. The molecule has 0 spiro atoms. The number of carbonyl (C=O) groups excluding carboxylic acids is 1. The molecule has 8 heteroatoms. The van der Waals surface area contributed by atoms with Crippen LogP contribution in [0.15, 0.2) is 36.4 Å². The molecule has 0 bridgehead atoms. The second-order valence-electron chi connectivity index (χ2n) is 6.48. The summed E-state index contributed by atoms with van der Waals surface area (Å²) in [5.74, 6) is -0.442. The van der Waals surface area contributed by atoms with Crippen LogP contribution in [0.4, 0.5) is 5.69 Å². The Bertz CT molecular complexity index is 961. The fraction of sp³-hybridized carbons (Fsp3) is 0.316. The summed E-state index contributed by atoms with van der Waals surface area (Å²) in [4.78, 5) is 12.5. The van der Waals surface area contributed by atoms with Gasteiger partial charge < -0.3 is 5.32 Å². The molecule has 0 aromatic heterocycles. The number of nitrogens with zero attached hydrogens (tertiary/aromatic N) is 1. The molecule has 0 aliphatic rings. The van der Waals surface area contributed by atoms with E-state index >= 15 is 0 Å². The van der Waals surface area contributed by atoms with Gasteiger partial charge in [0.1, 0.15) is 6.54 Å². The summed E-state index contributed by atoms with van der Waals surface area (Å²) < 4.78 is 25.4. The maximum atomic E-state index is 12.5. The number of aryl methyl sites for hydroxylation is 2. The number of hydrogen-bond acceptors (Lipinski definition) is 3. The van der Waals surface area contributed by atoms with Gasteiger partial charge in [-0.25, -0.2) is 8.42 Å². The van der Waals surface area contributed by atoms with Crippen LogP contribution in [-0.2, 0) is 14.8 Å². The van der Waals surface area contributed by atoms with Crippen molar-refractivity contribution >= 4 is 44.8 Å². The molecular formula is C19H22Cl2N2O3S. The zero-order chi connectivity index (χ0) is 20.4. The lowest BCUT2D eigenvalue weighted by Crippen LogP contribution is -2.41. The maximum Gasteiger partial charge on any atom is 0.241 e. The number of benzene rings is 2. The topological polar surface area (TPSA) is 66.5 Å². The molecule has 1 unspecified atom stereocenters. The summed E-state index contributed by atoms with van der Waals surface area (Å²) >= 11 is 12.1. The standard InChI is InChI=1S/C19H22Cl2N2O3S/c1-12-8-9-15(10-13(12)2)14(3)22-18(24)11-23(27(4,25)26)17-7-5-6-16(20)19(17)21/h5-10,14H,11H2,1-4H3,(H,22,24). The van der Waals surface area contributed by atoms with Crippen molar-refractivity contribution in [2.24, 2.45) is 0 Å². The van der Waals surface area contributed by atoms with Crippen molar-refractivity contribution in [3.63, 3.8) is 0 Å². The first-order valence-electron chi connectivity index (χ1n) is 8.29. The van der Waals surface area contributed by atoms with Gasteiger partial charge in [-0.05, 0) is 49.6 Å². The molecule has 0 aliphatic heterocycles. The van der Waals surface area contributed by atoms with Crippen molar-refractivity contribution in [3.05, 3.63) is 63.1 Å². The van der Waals surface area contributed by atoms with Crippen molar-refractivity contribution in [1.82, 2.24) is 5.32 Å². The Kier molecular flexibility index (Phi) is 6.78. The van der Waals surface area contributed by atoms with Gasteiger partial charge in [-0.2, -0.15) is 0 Å². The van der Waals surface area contributed by atoms with Crippen LogP contribution in [0.2, 0.25) is 10.0 Å². The zero-order valence-electron chi connectivity index (χ0n) is 15.6. The van der Waals surface area contributed by atoms with E-state index in [9.17, 15) is 13.2 Å². The maximum absolute atomic E-state index is 12.5. The Morgan fingerprint density at radius 3 is 2.41 bits per heavy atom. The minimum Gasteiger partial charge on any atom is -0.348 e. The van der Waals surface area contributed by atoms with Crippen LogP contribution in [0.1, 0.15) is 29.7 Å². The van der Waals surface area contributed by atoms with Crippen molar-refractivity contribution in [2.45, 2.75) is 26.8 Å². The number of carbonyl (C=O) groups is 1. The molecule has 146 valence electrons. The lowest BCUT2D eigenvalue weighted by molar-refractivity contribution is -0.120. The minimum absolute atomic E-state index is 0.0830. The van der Waals surface area contributed by atoms with E-state index in [0.717, 1.165) is 27.3 Å². The third-order valence-corrected chi connectivity index (χ3v) is 6.23. The van der Waals surface area contributed by atoms with Crippen LogP contribution in [0.3, 0.4) is 0 Å². The molecule has 0 heterocycles. The van der Waals surface area contributed by atoms with Crippen molar-refractivity contribution < 1.29 is 13.2 Å². The van der Waals surface area contributed by atoms with E-state index in [1.165, 1.54) is 6.07 Å². The lowest BCUT2D eigenvalue weighted by Gasteiger charge is -2.24. The average Bonchev–Trinajstić information content (AvgIpc) is 2.57. The molecule has 1 N–H and O–H groups in total. The molecule has 1 amide bonds. The van der Waals surface area contributed by atoms with Crippen LogP contribution in [0, 0.1) is 13.8 Å². The van der Waals surface area contributed by atoms with Crippen molar-refractivity contribution in [2.75, 3.05) is 17.1 Å². The number of rotatable bonds is 6. The second kappa shape index (κ2) is 8.50. The number of sulfonamides is 1. The second-order valence-corrected chi connectivity index (χ2v) is 9.17. The van der Waals surface area contributed by atoms with E-state index in [4.69, 9.17) is 23.2 Å². The van der Waals surface area contributed by atoms with Gasteiger partial charge in [0, 0.05) is 0 Å². The van der Waals surface area contributed by atoms with Gasteiger partial charge in [-0.1, -0.05) is 47.5 Å². The van der Waals surface area contributed by atoms with Gasteiger partial charge in [-0.3, -0.25) is 9.10 Å². The van der Waals surface area contributed by atoms with Crippen molar-refractivity contribution in [3.8, 4) is 0 Å². The average molecular weight is 429 g/mol. The Morgan fingerprint density at radius 2 is 1.81 bits per heavy atom. The van der Waals surface area contributed by atoms with E-state index in [1.807, 2.05) is 39.0 Å². The molecule has 2 rings (SSSR count). The normalized spacial score (nSPS) is 12.5. The molecule has 27 heavy (non-hydrogen) atoms. The van der Waals surface area contributed by atoms with Crippen LogP contribution in [-0.4, -0.2) is 27.1 Å². The van der Waals surface area contributed by atoms with E-state index < -0.39 is 22.5 Å². The molecule has 0 radical (unpaired) electrons. The number of anilines is 1. The molecule has 1 atom stereocenters. The highest BCUT2D eigenvalue weighted by molar-refractivity contribution is 7.92. The van der Waals surface area contributed by atoms with Crippen molar-refractivity contribution in [1.29, 1.82) is 0 Å². The highest BCUT2D eigenvalue weighted by Crippen LogP contribution is 2.33. The summed E-state index contributed by atoms with van der Waals surface area (Å²) in [5.41, 5.74) is 3.40. The van der Waals surface area contributed by atoms with Crippen LogP contribution < -0.4 is 9.62 Å². The molecule has 0 saturated heterocycles. The Morgan fingerprint density at radius 1 is 1.15 bits per heavy atom. The van der Waals surface area contributed by atoms with Gasteiger partial charge in [0.25, 0.3) is 0 Å². The lowest BCUT2D eigenvalue weighted by atomic mass is 10.0. The summed E-state index contributed by atoms with van der Waals surface area (Å²) in [6.45, 7) is 5.47. The van der Waals surface area contributed by atoms with Gasteiger partial charge >= 0.3 is 0 Å². The van der Waals surface area contributed by atoms with Crippen LogP contribution in [0.5, 0.6) is 0 Å². The number of hydrogen-bond donors (Lipinski definition) is 1. The molecule has 2 aromatic carbocycles. The minimum atomic E-state index is -3.74. The Balaban J connectivity index is 2.21. The molecule has 0 aliphatic carbocycles. The van der Waals surface area contributed by atoms with E-state index in [-0.39, 0.29) is 21.8 Å². The molecular weight excluding hydrogens is 407 g/mol. The monoisotopic (exact) mass is 428 g/mol. The summed E-state index contributed by atoms with van der Waals surface area (Å²) in [6.07, 6.45) is 1.02. The quantitative estimate of drug-likeness (QED) is 0.747. The first-order chi connectivity index (χ1) is 12.5. The van der Waals surface area contributed by atoms with E-state index in [0.29, 0.717) is 0 Å². The largest absolute Gasteiger partial charge is 0.348 e. The summed E-state index contributed by atoms with van der Waals surface area (Å²) in [5, 5.41) is 3.13. The number of nitrogens with one attached hydrogen (secondary N) is 1. The highest BCUT2D eigenvalue weighted by Gasteiger charge is 2.24. The predicted molar refractivity (Wildman–Crippen MR) is 111 cm³/mol. The van der Waals surface area contributed by atoms with Gasteiger partial charge in [-0.15, -0.1) is 0 Å². The molecule has 0 fully saturated rings. The number of amides is 1. The summed E-state index contributed by atoms with van der Waals surface area (Å²) in [7, 11) is -3.74. The predicted octanol–water partition coefficient (Wildman–Crippen LogP) is 4.25. The Labute approximate surface area is 170 Å². The van der Waals surface area contributed by atoms with E-state index in [2.05, 4.69) is 5.32 Å². The Hall–Kier alpha value is -1.76. The molecule has 2 aromatic rings. The highest BCUT2D eigenvalue weighted by atomic mass is 35.5. The van der Waals surface area contributed by atoms with Gasteiger partial charge in [0.15, 0.2) is 0 Å². The fourth-order valence-corrected chi connectivity index (χ4v) is 3.91. The third-order valence-electron chi connectivity index (χ3n) is 4.30. The number of halogens is 2. The SMILES string of the molecule is Cc1ccc(C(C)NC(=O)CN(c2cccc(Cl)c2Cl)S(C)(=O)=O)cc1C. The zero-order valence-corrected chi connectivity index (χ0v) is 17.9. The van der Waals surface area contributed by atoms with Gasteiger partial charge in [0.05, 0.1) is 28.0 Å².